The number of aryl methyl sites for hydroxylation is 1. The molecule has 0 radical (unpaired) electrons. The van der Waals surface area contributed by atoms with Crippen LogP contribution in [-0.4, -0.2) is 82.0 Å². The third-order valence-corrected chi connectivity index (χ3v) is 11.1. The largest absolute Gasteiger partial charge is 0.372 e. The summed E-state index contributed by atoms with van der Waals surface area (Å²) in [5.41, 5.74) is 8.39. The Morgan fingerprint density at radius 3 is 2.60 bits per heavy atom. The SMILES string of the molecule is Cc1sc(C2CCNCC2)nc1CC(=O)N1C[C@H](OCc2ccc(Cl)cc2)C[C@H]1C(=O)N[C@@H](CCCCN)C(=O)c1noc(Cc2ccccc2)n1. The maximum Gasteiger partial charge on any atom is 0.243 e. The minimum atomic E-state index is -0.930. The number of thiazole rings is 1. The van der Waals surface area contributed by atoms with E-state index in [2.05, 4.69) is 20.8 Å². The lowest BCUT2D eigenvalue weighted by molar-refractivity contribution is -0.138. The molecule has 12 nitrogen and oxygen atoms in total. The highest BCUT2D eigenvalue weighted by molar-refractivity contribution is 7.11. The van der Waals surface area contributed by atoms with Crippen molar-refractivity contribution >= 4 is 40.5 Å². The van der Waals surface area contributed by atoms with E-state index in [0.29, 0.717) is 55.7 Å². The number of carbonyl (C=O) groups excluding carboxylic acids is 3. The van der Waals surface area contributed by atoms with Crippen LogP contribution in [0.3, 0.4) is 0 Å². The number of nitrogens with zero attached hydrogens (tertiary/aromatic N) is 4. The number of ketones is 1. The van der Waals surface area contributed by atoms with Crippen molar-refractivity contribution < 1.29 is 23.6 Å². The standard InChI is InChI=1S/C38H46ClN7O5S/c1-24-31(43-38(52-24)27-14-17-41-18-15-27)21-34(47)46-22-29(50-23-26-10-12-28(39)13-11-26)20-32(46)37(49)42-30(9-5-6-16-40)35(48)36-44-33(51-45-36)19-25-7-3-2-4-8-25/h2-4,7-8,10-13,27,29-30,32,41H,5-6,9,14-23,40H2,1H3,(H,42,49)/t29-,30+,32+/m1/s1. The van der Waals surface area contributed by atoms with Crippen LogP contribution in [-0.2, 0) is 33.8 Å². The van der Waals surface area contributed by atoms with Gasteiger partial charge in [0.2, 0.25) is 29.3 Å². The smallest absolute Gasteiger partial charge is 0.243 e. The predicted octanol–water partition coefficient (Wildman–Crippen LogP) is 4.77. The average molecular weight is 748 g/mol. The lowest BCUT2D eigenvalue weighted by Gasteiger charge is -2.25. The Balaban J connectivity index is 1.18. The molecule has 4 aromatic rings. The van der Waals surface area contributed by atoms with E-state index in [4.69, 9.17) is 31.6 Å². The highest BCUT2D eigenvalue weighted by atomic mass is 35.5. The number of amides is 2. The number of hydrogen-bond donors (Lipinski definition) is 3. The van der Waals surface area contributed by atoms with E-state index in [1.54, 1.807) is 28.4 Å². The van der Waals surface area contributed by atoms with Gasteiger partial charge in [0.05, 0.1) is 42.3 Å². The second kappa shape index (κ2) is 18.2. The number of Topliss-reactive ketones (excluding diaryl/α,β-unsaturated/α-hetero) is 1. The van der Waals surface area contributed by atoms with Crippen LogP contribution in [0.2, 0.25) is 5.02 Å². The lowest BCUT2D eigenvalue weighted by atomic mass is 9.99. The fraction of sp³-hybridized carbons (Fsp3) is 0.474. The molecule has 4 N–H and O–H groups in total. The predicted molar refractivity (Wildman–Crippen MR) is 198 cm³/mol. The molecule has 2 saturated heterocycles. The van der Waals surface area contributed by atoms with Crippen LogP contribution < -0.4 is 16.4 Å². The molecule has 2 aromatic heterocycles. The molecule has 14 heteroatoms. The number of aromatic nitrogens is 3. The summed E-state index contributed by atoms with van der Waals surface area (Å²) in [6.07, 6.45) is 3.97. The summed E-state index contributed by atoms with van der Waals surface area (Å²) in [4.78, 5) is 53.8. The molecule has 2 aliphatic heterocycles. The van der Waals surface area contributed by atoms with Crippen molar-refractivity contribution in [2.24, 2.45) is 5.73 Å². The fourth-order valence-electron chi connectivity index (χ4n) is 6.72. The molecule has 2 amide bonds. The number of hydrogen-bond acceptors (Lipinski definition) is 11. The molecule has 2 aliphatic rings. The van der Waals surface area contributed by atoms with E-state index in [1.807, 2.05) is 49.4 Å². The zero-order chi connectivity index (χ0) is 36.5. The number of piperidine rings is 1. The topological polar surface area (TPSA) is 166 Å². The van der Waals surface area contributed by atoms with Crippen molar-refractivity contribution in [1.29, 1.82) is 0 Å². The van der Waals surface area contributed by atoms with Gasteiger partial charge >= 0.3 is 0 Å². The van der Waals surface area contributed by atoms with Gasteiger partial charge in [-0.25, -0.2) is 4.98 Å². The Labute approximate surface area is 312 Å². The minimum absolute atomic E-state index is 0.0763. The molecule has 4 heterocycles. The van der Waals surface area contributed by atoms with Gasteiger partial charge in [0.1, 0.15) is 6.04 Å². The Hall–Kier alpha value is -4.01. The van der Waals surface area contributed by atoms with Crippen LogP contribution in [0.25, 0.3) is 0 Å². The molecule has 6 rings (SSSR count). The molecule has 0 aliphatic carbocycles. The van der Waals surface area contributed by atoms with Gasteiger partial charge in [-0.3, -0.25) is 14.4 Å². The van der Waals surface area contributed by atoms with Gasteiger partial charge in [-0.05, 0) is 81.9 Å². The van der Waals surface area contributed by atoms with E-state index in [-0.39, 0.29) is 31.1 Å². The highest BCUT2D eigenvalue weighted by Crippen LogP contribution is 2.32. The number of ether oxygens (including phenoxy) is 1. The zero-order valence-corrected chi connectivity index (χ0v) is 31.0. The van der Waals surface area contributed by atoms with Gasteiger partial charge < -0.3 is 30.5 Å². The van der Waals surface area contributed by atoms with Crippen molar-refractivity contribution in [2.45, 2.75) is 89.0 Å². The van der Waals surface area contributed by atoms with Crippen LogP contribution in [0.15, 0.2) is 59.1 Å². The Morgan fingerprint density at radius 1 is 1.08 bits per heavy atom. The number of carbonyl (C=O) groups is 3. The zero-order valence-electron chi connectivity index (χ0n) is 29.4. The molecule has 276 valence electrons. The first-order chi connectivity index (χ1) is 25.3. The molecular formula is C38H46ClN7O5S. The molecule has 0 unspecified atom stereocenters. The van der Waals surface area contributed by atoms with Crippen molar-refractivity contribution in [3.8, 4) is 0 Å². The van der Waals surface area contributed by atoms with Gasteiger partial charge in [0.25, 0.3) is 0 Å². The molecule has 0 bridgehead atoms. The van der Waals surface area contributed by atoms with E-state index < -0.39 is 29.9 Å². The van der Waals surface area contributed by atoms with Crippen LogP contribution in [0.1, 0.15) is 87.7 Å². The summed E-state index contributed by atoms with van der Waals surface area (Å²) in [5.74, 6) is -0.518. The van der Waals surface area contributed by atoms with Crippen LogP contribution in [0, 0.1) is 6.92 Å². The number of rotatable bonds is 16. The molecule has 0 spiro atoms. The summed E-state index contributed by atoms with van der Waals surface area (Å²) in [7, 11) is 0. The molecule has 2 aromatic carbocycles. The molecular weight excluding hydrogens is 702 g/mol. The van der Waals surface area contributed by atoms with Gasteiger partial charge in [-0.1, -0.05) is 59.2 Å². The quantitative estimate of drug-likeness (QED) is 0.107. The van der Waals surface area contributed by atoms with Gasteiger partial charge in [0, 0.05) is 28.8 Å². The minimum Gasteiger partial charge on any atom is -0.372 e. The third-order valence-electron chi connectivity index (χ3n) is 9.67. The van der Waals surface area contributed by atoms with Crippen LogP contribution in [0.4, 0.5) is 0 Å². The third kappa shape index (κ3) is 9.90. The van der Waals surface area contributed by atoms with Gasteiger partial charge in [-0.2, -0.15) is 4.98 Å². The summed E-state index contributed by atoms with van der Waals surface area (Å²) in [6.45, 7) is 4.89. The van der Waals surface area contributed by atoms with Gasteiger partial charge in [0.15, 0.2) is 0 Å². The summed E-state index contributed by atoms with van der Waals surface area (Å²) in [6, 6.07) is 15.2. The first kappa shape index (κ1) is 37.7. The van der Waals surface area contributed by atoms with Crippen LogP contribution >= 0.6 is 22.9 Å². The maximum atomic E-state index is 14.1. The summed E-state index contributed by atoms with van der Waals surface area (Å²) < 4.78 is 11.7. The molecule has 3 atom stereocenters. The van der Waals surface area contributed by atoms with Crippen molar-refractivity contribution in [3.05, 3.63) is 98.0 Å². The number of halogens is 1. The summed E-state index contributed by atoms with van der Waals surface area (Å²) >= 11 is 7.72. The van der Waals surface area contributed by atoms with Gasteiger partial charge in [-0.15, -0.1) is 11.3 Å². The normalized spacial score (nSPS) is 18.4. The molecule has 0 saturated carbocycles. The fourth-order valence-corrected chi connectivity index (χ4v) is 7.96. The van der Waals surface area contributed by atoms with Crippen molar-refractivity contribution in [1.82, 2.24) is 30.7 Å². The number of nitrogens with two attached hydrogens (primary N) is 1. The van der Waals surface area contributed by atoms with E-state index in [9.17, 15) is 14.4 Å². The first-order valence-electron chi connectivity index (χ1n) is 18.0. The molecule has 2 fully saturated rings. The Bertz CT molecular complexity index is 1790. The second-order valence-electron chi connectivity index (χ2n) is 13.5. The number of nitrogens with one attached hydrogen (secondary N) is 2. The first-order valence-corrected chi connectivity index (χ1v) is 19.2. The van der Waals surface area contributed by atoms with E-state index in [1.165, 1.54) is 0 Å². The van der Waals surface area contributed by atoms with E-state index >= 15 is 0 Å². The van der Waals surface area contributed by atoms with E-state index in [0.717, 1.165) is 52.6 Å². The number of likely N-dealkylation sites (tertiary alicyclic amines) is 1. The lowest BCUT2D eigenvalue weighted by Crippen LogP contribution is -2.51. The maximum absolute atomic E-state index is 14.1. The average Bonchev–Trinajstić information content (AvgIpc) is 3.90. The number of benzene rings is 2. The van der Waals surface area contributed by atoms with Crippen molar-refractivity contribution in [3.63, 3.8) is 0 Å². The number of unbranched alkanes of at least 4 members (excludes halogenated alkanes) is 1. The summed E-state index contributed by atoms with van der Waals surface area (Å²) in [5, 5.41) is 12.0. The van der Waals surface area contributed by atoms with Crippen LogP contribution in [0.5, 0.6) is 0 Å². The Morgan fingerprint density at radius 2 is 1.85 bits per heavy atom. The highest BCUT2D eigenvalue weighted by Gasteiger charge is 2.42. The monoisotopic (exact) mass is 747 g/mol. The molecule has 52 heavy (non-hydrogen) atoms. The Kier molecular flexibility index (Phi) is 13.2. The van der Waals surface area contributed by atoms with Crippen molar-refractivity contribution in [2.75, 3.05) is 26.2 Å². The second-order valence-corrected chi connectivity index (χ2v) is 15.2.